The monoisotopic (exact) mass is 298 g/mol. The summed E-state index contributed by atoms with van der Waals surface area (Å²) in [6.45, 7) is 1.39. The highest BCUT2D eigenvalue weighted by molar-refractivity contribution is 5.89. The highest BCUT2D eigenvalue weighted by Crippen LogP contribution is 2.13. The smallest absolute Gasteiger partial charge is 0.326 e. The van der Waals surface area contributed by atoms with Crippen LogP contribution in [0.5, 0.6) is 5.75 Å². The van der Waals surface area contributed by atoms with Gasteiger partial charge in [0.05, 0.1) is 6.42 Å². The number of nitrogens with one attached hydrogen (secondary N) is 1. The number of amides is 2. The molecule has 1 aromatic carbocycles. The Labute approximate surface area is 119 Å². The predicted octanol–water partition coefficient (Wildman–Crippen LogP) is 0.0378. The molecule has 0 saturated carbocycles. The minimum Gasteiger partial charge on any atom is -0.481 e. The maximum atomic E-state index is 12.7. The van der Waals surface area contributed by atoms with Crippen molar-refractivity contribution in [1.29, 1.82) is 0 Å². The van der Waals surface area contributed by atoms with E-state index in [-0.39, 0.29) is 5.75 Å². The van der Waals surface area contributed by atoms with Crippen LogP contribution in [0.4, 0.5) is 4.39 Å². The summed E-state index contributed by atoms with van der Waals surface area (Å²) in [7, 11) is 0. The molecule has 0 fully saturated rings. The number of halogens is 1. The first-order valence-corrected chi connectivity index (χ1v) is 6.03. The zero-order valence-electron chi connectivity index (χ0n) is 11.2. The normalized spacial score (nSPS) is 13.0. The molecule has 0 aliphatic rings. The summed E-state index contributed by atoms with van der Waals surface area (Å²) in [6, 6.07) is 3.56. The fourth-order valence-electron chi connectivity index (χ4n) is 1.46. The van der Waals surface area contributed by atoms with Crippen molar-refractivity contribution in [3.8, 4) is 5.75 Å². The van der Waals surface area contributed by atoms with E-state index in [0.717, 1.165) is 12.1 Å². The summed E-state index contributed by atoms with van der Waals surface area (Å²) in [5.41, 5.74) is 4.90. The van der Waals surface area contributed by atoms with Gasteiger partial charge in [0.15, 0.2) is 6.10 Å². The maximum Gasteiger partial charge on any atom is 0.326 e. The van der Waals surface area contributed by atoms with Gasteiger partial charge in [-0.2, -0.15) is 0 Å². The van der Waals surface area contributed by atoms with Gasteiger partial charge in [-0.05, 0) is 31.2 Å². The van der Waals surface area contributed by atoms with Crippen LogP contribution in [-0.2, 0) is 14.4 Å². The topological polar surface area (TPSA) is 119 Å². The number of benzene rings is 1. The Morgan fingerprint density at radius 2 is 1.90 bits per heavy atom. The highest BCUT2D eigenvalue weighted by atomic mass is 19.1. The summed E-state index contributed by atoms with van der Waals surface area (Å²) < 4.78 is 18.0. The van der Waals surface area contributed by atoms with Gasteiger partial charge < -0.3 is 20.9 Å². The molecule has 7 nitrogen and oxygen atoms in total. The largest absolute Gasteiger partial charge is 0.481 e. The number of nitrogens with two attached hydrogens (primary N) is 1. The molecule has 0 bridgehead atoms. The molecule has 4 N–H and O–H groups in total. The number of ether oxygens (including phenoxy) is 1. The highest BCUT2D eigenvalue weighted by Gasteiger charge is 2.25. The number of hydrogen-bond donors (Lipinski definition) is 3. The van der Waals surface area contributed by atoms with E-state index in [9.17, 15) is 18.8 Å². The number of primary amides is 1. The van der Waals surface area contributed by atoms with Crippen LogP contribution in [0.3, 0.4) is 0 Å². The lowest BCUT2D eigenvalue weighted by molar-refractivity contribution is -0.144. The molecule has 114 valence electrons. The summed E-state index contributed by atoms with van der Waals surface area (Å²) in [4.78, 5) is 33.4. The first-order valence-electron chi connectivity index (χ1n) is 6.03. The van der Waals surface area contributed by atoms with Gasteiger partial charge in [-0.3, -0.25) is 9.59 Å². The Bertz CT molecular complexity index is 532. The lowest BCUT2D eigenvalue weighted by Crippen LogP contribution is -2.47. The Morgan fingerprint density at radius 1 is 1.33 bits per heavy atom. The van der Waals surface area contributed by atoms with Gasteiger partial charge in [0.25, 0.3) is 5.91 Å². The molecule has 0 saturated heterocycles. The third kappa shape index (κ3) is 5.47. The van der Waals surface area contributed by atoms with Gasteiger partial charge in [0, 0.05) is 0 Å². The average molecular weight is 298 g/mol. The zero-order valence-corrected chi connectivity index (χ0v) is 11.2. The quantitative estimate of drug-likeness (QED) is 0.656. The van der Waals surface area contributed by atoms with E-state index in [0.29, 0.717) is 0 Å². The SMILES string of the molecule is CC(Oc1ccc(F)cc1)C(=O)N[C@H](CC(N)=O)C(=O)O. The van der Waals surface area contributed by atoms with Crippen LogP contribution >= 0.6 is 0 Å². The predicted molar refractivity (Wildman–Crippen MR) is 69.9 cm³/mol. The second-order valence-corrected chi connectivity index (χ2v) is 4.28. The second-order valence-electron chi connectivity index (χ2n) is 4.28. The van der Waals surface area contributed by atoms with Crippen LogP contribution in [0.2, 0.25) is 0 Å². The van der Waals surface area contributed by atoms with Crippen molar-refractivity contribution in [2.24, 2.45) is 5.73 Å². The third-order valence-electron chi connectivity index (χ3n) is 2.52. The molecule has 0 heterocycles. The van der Waals surface area contributed by atoms with Crippen molar-refractivity contribution >= 4 is 17.8 Å². The molecule has 1 aromatic rings. The first-order chi connectivity index (χ1) is 9.79. The number of rotatable bonds is 7. The van der Waals surface area contributed by atoms with Crippen molar-refractivity contribution in [1.82, 2.24) is 5.32 Å². The molecule has 0 aliphatic heterocycles. The number of carbonyl (C=O) groups is 3. The molecule has 1 unspecified atom stereocenters. The first kappa shape index (κ1) is 16.4. The van der Waals surface area contributed by atoms with Crippen molar-refractivity contribution in [2.75, 3.05) is 0 Å². The van der Waals surface area contributed by atoms with Crippen molar-refractivity contribution < 1.29 is 28.6 Å². The molecule has 0 aliphatic carbocycles. The fourth-order valence-corrected chi connectivity index (χ4v) is 1.46. The lowest BCUT2D eigenvalue weighted by atomic mass is 10.2. The molecule has 21 heavy (non-hydrogen) atoms. The Kier molecular flexibility index (Phi) is 5.65. The van der Waals surface area contributed by atoms with E-state index in [1.165, 1.54) is 19.1 Å². The Morgan fingerprint density at radius 3 is 2.38 bits per heavy atom. The molecular weight excluding hydrogens is 283 g/mol. The van der Waals surface area contributed by atoms with Gasteiger partial charge in [-0.25, -0.2) is 9.18 Å². The summed E-state index contributed by atoms with van der Waals surface area (Å²) in [6.07, 6.45) is -1.55. The number of carboxylic acids is 1. The Hall–Kier alpha value is -2.64. The molecule has 0 radical (unpaired) electrons. The van der Waals surface area contributed by atoms with Crippen molar-refractivity contribution in [2.45, 2.75) is 25.5 Å². The fraction of sp³-hybridized carbons (Fsp3) is 0.308. The number of hydrogen-bond acceptors (Lipinski definition) is 4. The van der Waals surface area contributed by atoms with Crippen LogP contribution in [0.25, 0.3) is 0 Å². The van der Waals surface area contributed by atoms with E-state index < -0.39 is 42.2 Å². The molecule has 8 heteroatoms. The van der Waals surface area contributed by atoms with E-state index >= 15 is 0 Å². The number of carbonyl (C=O) groups excluding carboxylic acids is 2. The third-order valence-corrected chi connectivity index (χ3v) is 2.52. The van der Waals surface area contributed by atoms with Crippen LogP contribution in [0, 0.1) is 5.82 Å². The van der Waals surface area contributed by atoms with Crippen LogP contribution < -0.4 is 15.8 Å². The van der Waals surface area contributed by atoms with E-state index in [1.807, 2.05) is 0 Å². The maximum absolute atomic E-state index is 12.7. The van der Waals surface area contributed by atoms with E-state index in [1.54, 1.807) is 0 Å². The van der Waals surface area contributed by atoms with Gasteiger partial charge in [0.1, 0.15) is 17.6 Å². The summed E-state index contributed by atoms with van der Waals surface area (Å²) >= 11 is 0. The van der Waals surface area contributed by atoms with Gasteiger partial charge in [-0.1, -0.05) is 0 Å². The zero-order chi connectivity index (χ0) is 16.0. The molecule has 2 atom stereocenters. The van der Waals surface area contributed by atoms with Crippen molar-refractivity contribution in [3.05, 3.63) is 30.1 Å². The summed E-state index contributed by atoms with van der Waals surface area (Å²) in [5.74, 6) is -3.16. The van der Waals surface area contributed by atoms with Gasteiger partial charge >= 0.3 is 5.97 Å². The molecule has 0 spiro atoms. The number of aliphatic carboxylic acids is 1. The molecule has 0 aromatic heterocycles. The van der Waals surface area contributed by atoms with Crippen LogP contribution in [0.1, 0.15) is 13.3 Å². The van der Waals surface area contributed by atoms with E-state index in [4.69, 9.17) is 15.6 Å². The van der Waals surface area contributed by atoms with Gasteiger partial charge in [-0.15, -0.1) is 0 Å². The standard InChI is InChI=1S/C13H15FN2O5/c1-7(21-9-4-2-8(14)3-5-9)12(18)16-10(13(19)20)6-11(15)17/h2-5,7,10H,6H2,1H3,(H2,15,17)(H,16,18)(H,19,20)/t7?,10-/m1/s1. The van der Waals surface area contributed by atoms with E-state index in [2.05, 4.69) is 5.32 Å². The van der Waals surface area contributed by atoms with Crippen LogP contribution in [-0.4, -0.2) is 35.0 Å². The van der Waals surface area contributed by atoms with Crippen LogP contribution in [0.15, 0.2) is 24.3 Å². The number of carboxylic acid groups (broad SMARTS) is 1. The second kappa shape index (κ2) is 7.22. The van der Waals surface area contributed by atoms with Gasteiger partial charge in [0.2, 0.25) is 5.91 Å². The lowest BCUT2D eigenvalue weighted by Gasteiger charge is -2.18. The molecule has 2 amide bonds. The minimum atomic E-state index is -1.42. The Balaban J connectivity index is 2.62. The summed E-state index contributed by atoms with van der Waals surface area (Å²) in [5, 5.41) is 11.0. The molecular formula is C13H15FN2O5. The average Bonchev–Trinajstić information content (AvgIpc) is 2.39. The van der Waals surface area contributed by atoms with Crippen molar-refractivity contribution in [3.63, 3.8) is 0 Å². The minimum absolute atomic E-state index is 0.251. The molecule has 1 rings (SSSR count).